The zero-order valence-electron chi connectivity index (χ0n) is 15.4. The number of benzene rings is 3. The van der Waals surface area contributed by atoms with E-state index in [2.05, 4.69) is 0 Å². The highest BCUT2D eigenvalue weighted by Crippen LogP contribution is 2.41. The van der Waals surface area contributed by atoms with Crippen molar-refractivity contribution in [1.82, 2.24) is 0 Å². The minimum Gasteiger partial charge on any atom is -0.508 e. The van der Waals surface area contributed by atoms with Gasteiger partial charge < -0.3 is 10.2 Å². The fourth-order valence-electron chi connectivity index (χ4n) is 3.35. The van der Waals surface area contributed by atoms with Crippen molar-refractivity contribution in [1.29, 1.82) is 0 Å². The Kier molecular flexibility index (Phi) is 4.62. The van der Waals surface area contributed by atoms with E-state index in [0.29, 0.717) is 0 Å². The van der Waals surface area contributed by atoms with Crippen molar-refractivity contribution in [3.8, 4) is 11.5 Å². The second kappa shape index (κ2) is 6.76. The van der Waals surface area contributed by atoms with E-state index >= 15 is 0 Å². The Balaban J connectivity index is 2.26. The van der Waals surface area contributed by atoms with Gasteiger partial charge in [0, 0.05) is 17.5 Å². The van der Waals surface area contributed by atoms with Gasteiger partial charge >= 0.3 is 0 Å². The van der Waals surface area contributed by atoms with Crippen LogP contribution in [0.25, 0.3) is 0 Å². The van der Waals surface area contributed by atoms with Crippen LogP contribution in [0.2, 0.25) is 0 Å². The standard InChI is InChI=1S/C22H21NO4/c1-14-12-17(6-10-20(14)24)22(3,18-7-11-21(25)15(2)13-18)16-4-8-19(9-5-16)23(26)27/h4-13,24-25H,1-3H3. The highest BCUT2D eigenvalue weighted by Gasteiger charge is 2.32. The molecule has 138 valence electrons. The Morgan fingerprint density at radius 3 is 1.56 bits per heavy atom. The number of aryl methyl sites for hydroxylation is 2. The first kappa shape index (κ1) is 18.5. The molecular weight excluding hydrogens is 342 g/mol. The van der Waals surface area contributed by atoms with E-state index in [1.807, 2.05) is 45.0 Å². The molecule has 3 rings (SSSR count). The average molecular weight is 363 g/mol. The van der Waals surface area contributed by atoms with E-state index in [4.69, 9.17) is 0 Å². The van der Waals surface area contributed by atoms with Crippen LogP contribution < -0.4 is 0 Å². The van der Waals surface area contributed by atoms with Crippen LogP contribution in [0.3, 0.4) is 0 Å². The monoisotopic (exact) mass is 363 g/mol. The summed E-state index contributed by atoms with van der Waals surface area (Å²) in [7, 11) is 0. The van der Waals surface area contributed by atoms with Crippen molar-refractivity contribution < 1.29 is 15.1 Å². The molecule has 0 aliphatic heterocycles. The molecule has 0 atom stereocenters. The summed E-state index contributed by atoms with van der Waals surface area (Å²) in [5, 5.41) is 30.9. The van der Waals surface area contributed by atoms with Gasteiger partial charge in [0.05, 0.1) is 4.92 Å². The minimum atomic E-state index is -0.619. The fourth-order valence-corrected chi connectivity index (χ4v) is 3.35. The van der Waals surface area contributed by atoms with Crippen LogP contribution in [-0.2, 0) is 5.41 Å². The molecule has 0 radical (unpaired) electrons. The van der Waals surface area contributed by atoms with Crippen molar-refractivity contribution in [3.05, 3.63) is 98.6 Å². The molecule has 3 aromatic rings. The average Bonchev–Trinajstić information content (AvgIpc) is 2.65. The summed E-state index contributed by atoms with van der Waals surface area (Å²) in [5.41, 5.74) is 3.67. The van der Waals surface area contributed by atoms with E-state index in [1.54, 1.807) is 24.3 Å². The summed E-state index contributed by atoms with van der Waals surface area (Å²) >= 11 is 0. The summed E-state index contributed by atoms with van der Waals surface area (Å²) in [6.07, 6.45) is 0. The maximum atomic E-state index is 11.0. The van der Waals surface area contributed by atoms with Gasteiger partial charge in [-0.05, 0) is 60.7 Å². The van der Waals surface area contributed by atoms with Gasteiger partial charge in [0.15, 0.2) is 0 Å². The second-order valence-corrected chi connectivity index (χ2v) is 6.93. The molecule has 0 bridgehead atoms. The molecule has 0 aromatic heterocycles. The van der Waals surface area contributed by atoms with Gasteiger partial charge in [0.1, 0.15) is 11.5 Å². The number of rotatable bonds is 4. The molecule has 0 fully saturated rings. The third kappa shape index (κ3) is 3.24. The number of aromatic hydroxyl groups is 2. The third-order valence-corrected chi connectivity index (χ3v) is 5.20. The smallest absolute Gasteiger partial charge is 0.269 e. The quantitative estimate of drug-likeness (QED) is 0.389. The SMILES string of the molecule is Cc1cc(C(C)(c2ccc([N+](=O)[O-])cc2)c2ccc(O)c(C)c2)ccc1O. The van der Waals surface area contributed by atoms with Crippen molar-refractivity contribution in [2.24, 2.45) is 0 Å². The minimum absolute atomic E-state index is 0.0323. The van der Waals surface area contributed by atoms with Crippen molar-refractivity contribution in [2.45, 2.75) is 26.2 Å². The van der Waals surface area contributed by atoms with Gasteiger partial charge in [0.25, 0.3) is 5.69 Å². The summed E-state index contributed by atoms with van der Waals surface area (Å²) in [5.74, 6) is 0.429. The molecule has 3 aromatic carbocycles. The predicted octanol–water partition coefficient (Wildman–Crippen LogP) is 4.98. The van der Waals surface area contributed by atoms with E-state index in [-0.39, 0.29) is 17.2 Å². The largest absolute Gasteiger partial charge is 0.508 e. The lowest BCUT2D eigenvalue weighted by molar-refractivity contribution is -0.384. The van der Waals surface area contributed by atoms with Gasteiger partial charge in [-0.3, -0.25) is 10.1 Å². The number of phenolic OH excluding ortho intramolecular Hbond substituents is 2. The summed E-state index contributed by atoms with van der Waals surface area (Å²) < 4.78 is 0. The van der Waals surface area contributed by atoms with Crippen LogP contribution >= 0.6 is 0 Å². The summed E-state index contributed by atoms with van der Waals surface area (Å²) in [4.78, 5) is 10.6. The van der Waals surface area contributed by atoms with Crippen molar-refractivity contribution in [2.75, 3.05) is 0 Å². The Hall–Kier alpha value is -3.34. The lowest BCUT2D eigenvalue weighted by Gasteiger charge is -2.32. The molecule has 0 heterocycles. The molecule has 0 spiro atoms. The van der Waals surface area contributed by atoms with Crippen LogP contribution in [0, 0.1) is 24.0 Å². The Labute approximate surface area is 157 Å². The first-order valence-corrected chi connectivity index (χ1v) is 8.58. The number of hydrogen-bond acceptors (Lipinski definition) is 4. The molecule has 0 saturated heterocycles. The lowest BCUT2D eigenvalue weighted by Crippen LogP contribution is -2.25. The predicted molar refractivity (Wildman–Crippen MR) is 104 cm³/mol. The topological polar surface area (TPSA) is 83.6 Å². The Morgan fingerprint density at radius 2 is 1.19 bits per heavy atom. The summed E-state index contributed by atoms with van der Waals surface area (Å²) in [6.45, 7) is 5.69. The molecular formula is C22H21NO4. The first-order valence-electron chi connectivity index (χ1n) is 8.58. The fraction of sp³-hybridized carbons (Fsp3) is 0.182. The van der Waals surface area contributed by atoms with Crippen LogP contribution in [0.4, 0.5) is 5.69 Å². The Morgan fingerprint density at radius 1 is 0.778 bits per heavy atom. The van der Waals surface area contributed by atoms with E-state index < -0.39 is 10.3 Å². The maximum Gasteiger partial charge on any atom is 0.269 e. The Bertz CT molecular complexity index is 958. The normalized spacial score (nSPS) is 11.4. The maximum absolute atomic E-state index is 11.0. The zero-order chi connectivity index (χ0) is 19.8. The molecule has 0 aliphatic carbocycles. The molecule has 0 aliphatic rings. The van der Waals surface area contributed by atoms with E-state index in [9.17, 15) is 20.3 Å². The zero-order valence-corrected chi connectivity index (χ0v) is 15.4. The van der Waals surface area contributed by atoms with Crippen LogP contribution in [0.15, 0.2) is 60.7 Å². The van der Waals surface area contributed by atoms with Gasteiger partial charge in [-0.15, -0.1) is 0 Å². The van der Waals surface area contributed by atoms with Crippen LogP contribution in [0.5, 0.6) is 11.5 Å². The van der Waals surface area contributed by atoms with Gasteiger partial charge in [-0.25, -0.2) is 0 Å². The lowest BCUT2D eigenvalue weighted by atomic mass is 9.70. The molecule has 2 N–H and O–H groups in total. The van der Waals surface area contributed by atoms with Gasteiger partial charge in [-0.2, -0.15) is 0 Å². The number of non-ortho nitro benzene ring substituents is 1. The molecule has 5 nitrogen and oxygen atoms in total. The van der Waals surface area contributed by atoms with E-state index in [1.165, 1.54) is 12.1 Å². The second-order valence-electron chi connectivity index (χ2n) is 6.93. The van der Waals surface area contributed by atoms with Gasteiger partial charge in [0.2, 0.25) is 0 Å². The van der Waals surface area contributed by atoms with E-state index in [0.717, 1.165) is 27.8 Å². The molecule has 0 saturated carbocycles. The number of nitro groups is 1. The molecule has 0 unspecified atom stereocenters. The number of nitrogens with zero attached hydrogens (tertiary/aromatic N) is 1. The highest BCUT2D eigenvalue weighted by molar-refractivity contribution is 5.54. The van der Waals surface area contributed by atoms with Crippen LogP contribution in [-0.4, -0.2) is 15.1 Å². The molecule has 5 heteroatoms. The third-order valence-electron chi connectivity index (χ3n) is 5.20. The van der Waals surface area contributed by atoms with Crippen molar-refractivity contribution in [3.63, 3.8) is 0 Å². The van der Waals surface area contributed by atoms with Crippen molar-refractivity contribution >= 4 is 5.69 Å². The summed E-state index contributed by atoms with van der Waals surface area (Å²) in [6, 6.07) is 17.3. The number of nitro benzene ring substituents is 1. The molecule has 0 amide bonds. The molecule has 27 heavy (non-hydrogen) atoms. The van der Waals surface area contributed by atoms with Crippen LogP contribution in [0.1, 0.15) is 34.7 Å². The number of hydrogen-bond donors (Lipinski definition) is 2. The number of phenols is 2. The van der Waals surface area contributed by atoms with Gasteiger partial charge in [-0.1, -0.05) is 36.4 Å². The first-order chi connectivity index (χ1) is 12.7. The highest BCUT2D eigenvalue weighted by atomic mass is 16.6.